The van der Waals surface area contributed by atoms with E-state index in [2.05, 4.69) is 4.57 Å². The van der Waals surface area contributed by atoms with E-state index in [1.54, 1.807) is 6.07 Å². The van der Waals surface area contributed by atoms with Crippen LogP contribution < -0.4 is 5.73 Å². The van der Waals surface area contributed by atoms with E-state index in [1.807, 2.05) is 43.5 Å². The number of halogens is 1. The number of aryl methyl sites for hydroxylation is 1. The molecule has 0 bridgehead atoms. The Morgan fingerprint density at radius 3 is 2.79 bits per heavy atom. The average Bonchev–Trinajstić information content (AvgIpc) is 2.78. The maximum absolute atomic E-state index is 13.1. The van der Waals surface area contributed by atoms with E-state index in [0.717, 1.165) is 34.3 Å². The smallest absolute Gasteiger partial charge is 0.123 e. The van der Waals surface area contributed by atoms with Gasteiger partial charge in [0.05, 0.1) is 5.52 Å². The number of anilines is 1. The van der Waals surface area contributed by atoms with E-state index in [0.29, 0.717) is 0 Å². The molecule has 3 heteroatoms. The monoisotopic (exact) mass is 254 g/mol. The van der Waals surface area contributed by atoms with Gasteiger partial charge >= 0.3 is 0 Å². The second-order valence-electron chi connectivity index (χ2n) is 4.79. The summed E-state index contributed by atoms with van der Waals surface area (Å²) in [5.74, 6) is -0.192. The molecule has 19 heavy (non-hydrogen) atoms. The van der Waals surface area contributed by atoms with Gasteiger partial charge in [0.25, 0.3) is 0 Å². The van der Waals surface area contributed by atoms with Gasteiger partial charge in [-0.15, -0.1) is 0 Å². The van der Waals surface area contributed by atoms with E-state index in [9.17, 15) is 4.39 Å². The molecule has 0 aliphatic carbocycles. The first kappa shape index (κ1) is 11.8. The Morgan fingerprint density at radius 1 is 1.16 bits per heavy atom. The molecule has 3 aromatic rings. The van der Waals surface area contributed by atoms with Gasteiger partial charge in [0.15, 0.2) is 0 Å². The van der Waals surface area contributed by atoms with Crippen LogP contribution >= 0.6 is 0 Å². The van der Waals surface area contributed by atoms with E-state index < -0.39 is 0 Å². The summed E-state index contributed by atoms with van der Waals surface area (Å²) in [6, 6.07) is 12.8. The van der Waals surface area contributed by atoms with E-state index in [1.165, 1.54) is 6.07 Å². The zero-order chi connectivity index (χ0) is 13.4. The molecular formula is C16H15FN2. The maximum Gasteiger partial charge on any atom is 0.123 e. The van der Waals surface area contributed by atoms with Gasteiger partial charge in [0, 0.05) is 23.8 Å². The second kappa shape index (κ2) is 4.43. The number of aromatic nitrogens is 1. The number of nitrogens with two attached hydrogens (primary N) is 1. The van der Waals surface area contributed by atoms with Gasteiger partial charge in [-0.05, 0) is 48.4 Å². The van der Waals surface area contributed by atoms with Crippen molar-refractivity contribution in [2.24, 2.45) is 0 Å². The third-order valence-electron chi connectivity index (χ3n) is 3.49. The topological polar surface area (TPSA) is 30.9 Å². The van der Waals surface area contributed by atoms with Gasteiger partial charge in [0.2, 0.25) is 0 Å². The van der Waals surface area contributed by atoms with Crippen molar-refractivity contribution < 1.29 is 4.39 Å². The fraction of sp³-hybridized carbons (Fsp3) is 0.125. The third kappa shape index (κ3) is 2.08. The van der Waals surface area contributed by atoms with Crippen molar-refractivity contribution in [1.29, 1.82) is 0 Å². The molecule has 0 spiro atoms. The lowest BCUT2D eigenvalue weighted by atomic mass is 10.1. The largest absolute Gasteiger partial charge is 0.398 e. The minimum Gasteiger partial charge on any atom is -0.398 e. The highest BCUT2D eigenvalue weighted by molar-refractivity contribution is 5.91. The van der Waals surface area contributed by atoms with E-state index >= 15 is 0 Å². The minimum atomic E-state index is -0.192. The molecule has 0 atom stereocenters. The van der Waals surface area contributed by atoms with Crippen molar-refractivity contribution in [2.45, 2.75) is 13.5 Å². The van der Waals surface area contributed by atoms with Crippen molar-refractivity contribution in [3.8, 4) is 0 Å². The predicted molar refractivity (Wildman–Crippen MR) is 76.6 cm³/mol. The molecule has 0 saturated carbocycles. The molecule has 2 aromatic carbocycles. The second-order valence-corrected chi connectivity index (χ2v) is 4.79. The Hall–Kier alpha value is -2.29. The van der Waals surface area contributed by atoms with Crippen LogP contribution in [0.4, 0.5) is 10.1 Å². The molecule has 2 nitrogen and oxygen atoms in total. The Morgan fingerprint density at radius 2 is 2.00 bits per heavy atom. The lowest BCUT2D eigenvalue weighted by molar-refractivity contribution is 0.625. The molecule has 1 heterocycles. The summed E-state index contributed by atoms with van der Waals surface area (Å²) < 4.78 is 15.2. The quantitative estimate of drug-likeness (QED) is 0.694. The average molecular weight is 254 g/mol. The molecule has 0 radical (unpaired) electrons. The highest BCUT2D eigenvalue weighted by atomic mass is 19.1. The molecule has 0 fully saturated rings. The van der Waals surface area contributed by atoms with Crippen LogP contribution in [0, 0.1) is 12.7 Å². The van der Waals surface area contributed by atoms with Crippen molar-refractivity contribution in [2.75, 3.05) is 5.73 Å². The van der Waals surface area contributed by atoms with Crippen molar-refractivity contribution >= 4 is 16.6 Å². The first-order valence-corrected chi connectivity index (χ1v) is 6.23. The highest BCUT2D eigenvalue weighted by Crippen LogP contribution is 2.23. The van der Waals surface area contributed by atoms with Crippen LogP contribution in [-0.2, 0) is 6.54 Å². The Labute approximate surface area is 111 Å². The molecule has 0 aliphatic rings. The molecule has 0 aliphatic heterocycles. The number of benzene rings is 2. The molecule has 2 N–H and O–H groups in total. The number of hydrogen-bond acceptors (Lipinski definition) is 1. The normalized spacial score (nSPS) is 11.1. The van der Waals surface area contributed by atoms with Crippen LogP contribution in [-0.4, -0.2) is 4.57 Å². The highest BCUT2D eigenvalue weighted by Gasteiger charge is 2.06. The molecule has 3 rings (SSSR count). The maximum atomic E-state index is 13.1. The SMILES string of the molecule is Cc1cc(F)ccc1Cn1ccc2c(N)cccc21. The lowest BCUT2D eigenvalue weighted by Gasteiger charge is -2.09. The predicted octanol–water partition coefficient (Wildman–Crippen LogP) is 3.72. The summed E-state index contributed by atoms with van der Waals surface area (Å²) in [7, 11) is 0. The van der Waals surface area contributed by atoms with Gasteiger partial charge in [-0.2, -0.15) is 0 Å². The first-order valence-electron chi connectivity index (χ1n) is 6.23. The van der Waals surface area contributed by atoms with E-state index in [4.69, 9.17) is 5.73 Å². The lowest BCUT2D eigenvalue weighted by Crippen LogP contribution is -2.00. The van der Waals surface area contributed by atoms with Gasteiger partial charge in [0.1, 0.15) is 5.82 Å². The molecule has 0 amide bonds. The third-order valence-corrected chi connectivity index (χ3v) is 3.49. The van der Waals surface area contributed by atoms with Crippen molar-refractivity contribution in [3.63, 3.8) is 0 Å². The summed E-state index contributed by atoms with van der Waals surface area (Å²) in [6.45, 7) is 2.65. The molecule has 1 aromatic heterocycles. The minimum absolute atomic E-state index is 0.192. The van der Waals surface area contributed by atoms with E-state index in [-0.39, 0.29) is 5.82 Å². The summed E-state index contributed by atoms with van der Waals surface area (Å²) in [6.07, 6.45) is 2.02. The molecular weight excluding hydrogens is 239 g/mol. The fourth-order valence-corrected chi connectivity index (χ4v) is 2.41. The molecule has 96 valence electrons. The van der Waals surface area contributed by atoms with Crippen molar-refractivity contribution in [1.82, 2.24) is 4.57 Å². The Kier molecular flexibility index (Phi) is 2.75. The Bertz CT molecular complexity index is 744. The fourth-order valence-electron chi connectivity index (χ4n) is 2.41. The zero-order valence-electron chi connectivity index (χ0n) is 10.7. The van der Waals surface area contributed by atoms with Crippen LogP contribution in [0.2, 0.25) is 0 Å². The van der Waals surface area contributed by atoms with Gasteiger partial charge in [-0.25, -0.2) is 4.39 Å². The van der Waals surface area contributed by atoms with Gasteiger partial charge in [-0.1, -0.05) is 12.1 Å². The summed E-state index contributed by atoms with van der Waals surface area (Å²) in [5.41, 5.74) is 9.91. The van der Waals surface area contributed by atoms with Crippen LogP contribution in [0.1, 0.15) is 11.1 Å². The number of fused-ring (bicyclic) bond motifs is 1. The van der Waals surface area contributed by atoms with Gasteiger partial charge < -0.3 is 10.3 Å². The molecule has 0 unspecified atom stereocenters. The van der Waals surface area contributed by atoms with Crippen LogP contribution in [0.5, 0.6) is 0 Å². The summed E-state index contributed by atoms with van der Waals surface area (Å²) >= 11 is 0. The molecule has 0 saturated heterocycles. The number of hydrogen-bond donors (Lipinski definition) is 1. The van der Waals surface area contributed by atoms with Crippen LogP contribution in [0.25, 0.3) is 10.9 Å². The zero-order valence-corrected chi connectivity index (χ0v) is 10.7. The Balaban J connectivity index is 2.04. The number of nitrogen functional groups attached to an aromatic ring is 1. The van der Waals surface area contributed by atoms with Crippen LogP contribution in [0.3, 0.4) is 0 Å². The first-order chi connectivity index (χ1) is 9.15. The van der Waals surface area contributed by atoms with Gasteiger partial charge in [-0.3, -0.25) is 0 Å². The standard InChI is InChI=1S/C16H15FN2/c1-11-9-13(17)6-5-12(11)10-19-8-7-14-15(18)3-2-4-16(14)19/h2-9H,10,18H2,1H3. The summed E-state index contributed by atoms with van der Waals surface area (Å²) in [5, 5.41) is 1.06. The number of nitrogens with zero attached hydrogens (tertiary/aromatic N) is 1. The summed E-state index contributed by atoms with van der Waals surface area (Å²) in [4.78, 5) is 0. The number of rotatable bonds is 2. The van der Waals surface area contributed by atoms with Crippen LogP contribution in [0.15, 0.2) is 48.7 Å². The van der Waals surface area contributed by atoms with Crippen molar-refractivity contribution in [3.05, 3.63) is 65.6 Å².